The van der Waals surface area contributed by atoms with Crippen LogP contribution < -0.4 is 11.2 Å². The fraction of sp³-hybridized carbons (Fsp3) is 0.381. The molecule has 146 valence electrons. The van der Waals surface area contributed by atoms with E-state index in [2.05, 4.69) is 47.7 Å². The molecule has 4 aromatic rings. The molecule has 4 rings (SSSR count). The van der Waals surface area contributed by atoms with Gasteiger partial charge in [-0.3, -0.25) is 18.3 Å². The van der Waals surface area contributed by atoms with Crippen molar-refractivity contribution in [3.05, 3.63) is 56.9 Å². The van der Waals surface area contributed by atoms with Crippen LogP contribution in [0.3, 0.4) is 0 Å². The molecule has 0 spiro atoms. The summed E-state index contributed by atoms with van der Waals surface area (Å²) in [5.41, 5.74) is 3.56. The number of benzene rings is 1. The first-order valence-corrected chi connectivity index (χ1v) is 9.74. The third-order valence-electron chi connectivity index (χ3n) is 5.45. The number of hydrogen-bond acceptors (Lipinski definition) is 3. The van der Waals surface area contributed by atoms with E-state index in [1.807, 2.05) is 10.6 Å². The van der Waals surface area contributed by atoms with Crippen LogP contribution in [0.4, 0.5) is 0 Å². The molecule has 0 aliphatic rings. The van der Waals surface area contributed by atoms with E-state index in [4.69, 9.17) is 0 Å². The van der Waals surface area contributed by atoms with Crippen molar-refractivity contribution < 1.29 is 0 Å². The van der Waals surface area contributed by atoms with E-state index < -0.39 is 0 Å². The van der Waals surface area contributed by atoms with Gasteiger partial charge in [0, 0.05) is 26.8 Å². The summed E-state index contributed by atoms with van der Waals surface area (Å²) >= 11 is 0. The lowest BCUT2D eigenvalue weighted by Crippen LogP contribution is -2.37. The first-order valence-electron chi connectivity index (χ1n) is 9.74. The number of unbranched alkanes of at least 4 members (excludes halogenated alkanes) is 1. The summed E-state index contributed by atoms with van der Waals surface area (Å²) in [6.07, 6.45) is 5.02. The first-order chi connectivity index (χ1) is 13.5. The summed E-state index contributed by atoms with van der Waals surface area (Å²) in [5, 5.41) is 0. The SMILES string of the molecule is CCCCn1c(-c2ccc(CC)cc2)cn2c3c(=O)n(C)c(=O)n(C)c3nc12. The van der Waals surface area contributed by atoms with E-state index in [0.29, 0.717) is 16.9 Å². The minimum absolute atomic E-state index is 0.328. The molecule has 3 heterocycles. The van der Waals surface area contributed by atoms with Gasteiger partial charge in [-0.1, -0.05) is 44.5 Å². The fourth-order valence-electron chi connectivity index (χ4n) is 3.69. The number of hydrogen-bond donors (Lipinski definition) is 0. The minimum atomic E-state index is -0.367. The molecule has 7 nitrogen and oxygen atoms in total. The lowest BCUT2D eigenvalue weighted by molar-refractivity contribution is 0.648. The van der Waals surface area contributed by atoms with Gasteiger partial charge in [-0.15, -0.1) is 0 Å². The maximum Gasteiger partial charge on any atom is 0.332 e. The summed E-state index contributed by atoms with van der Waals surface area (Å²) in [4.78, 5) is 29.8. The second kappa shape index (κ2) is 6.82. The van der Waals surface area contributed by atoms with E-state index in [1.54, 1.807) is 7.05 Å². The molecule has 0 fully saturated rings. The van der Waals surface area contributed by atoms with Gasteiger partial charge < -0.3 is 4.57 Å². The molecule has 0 saturated heterocycles. The second-order valence-corrected chi connectivity index (χ2v) is 7.23. The van der Waals surface area contributed by atoms with Gasteiger partial charge in [-0.25, -0.2) is 4.79 Å². The molecule has 0 saturated carbocycles. The maximum atomic E-state index is 12.8. The highest BCUT2D eigenvalue weighted by atomic mass is 16.2. The van der Waals surface area contributed by atoms with Crippen molar-refractivity contribution in [2.45, 2.75) is 39.7 Å². The van der Waals surface area contributed by atoms with Crippen molar-refractivity contribution in [3.63, 3.8) is 0 Å². The van der Waals surface area contributed by atoms with Crippen LogP contribution >= 0.6 is 0 Å². The molecule has 0 unspecified atom stereocenters. The van der Waals surface area contributed by atoms with Crippen molar-refractivity contribution in [2.75, 3.05) is 0 Å². The topological polar surface area (TPSA) is 66.2 Å². The van der Waals surface area contributed by atoms with Gasteiger partial charge in [-0.2, -0.15) is 4.98 Å². The zero-order valence-corrected chi connectivity index (χ0v) is 16.8. The highest BCUT2D eigenvalue weighted by Crippen LogP contribution is 2.26. The smallest absolute Gasteiger partial charge is 0.310 e. The summed E-state index contributed by atoms with van der Waals surface area (Å²) in [6.45, 7) is 5.09. The number of nitrogens with zero attached hydrogens (tertiary/aromatic N) is 5. The van der Waals surface area contributed by atoms with Crippen molar-refractivity contribution in [1.82, 2.24) is 23.1 Å². The molecule has 7 heteroatoms. The Balaban J connectivity index is 2.05. The van der Waals surface area contributed by atoms with Crippen LogP contribution in [0.15, 0.2) is 40.1 Å². The lowest BCUT2D eigenvalue weighted by atomic mass is 10.1. The van der Waals surface area contributed by atoms with Crippen LogP contribution in [0.5, 0.6) is 0 Å². The fourth-order valence-corrected chi connectivity index (χ4v) is 3.69. The minimum Gasteiger partial charge on any atom is -0.310 e. The summed E-state index contributed by atoms with van der Waals surface area (Å²) in [7, 11) is 3.15. The number of aryl methyl sites for hydroxylation is 3. The quantitative estimate of drug-likeness (QED) is 0.535. The molecule has 0 aliphatic carbocycles. The lowest BCUT2D eigenvalue weighted by Gasteiger charge is -2.09. The Kier molecular flexibility index (Phi) is 4.45. The van der Waals surface area contributed by atoms with Gasteiger partial charge in [0.2, 0.25) is 5.78 Å². The molecular weight excluding hydrogens is 354 g/mol. The van der Waals surface area contributed by atoms with Crippen LogP contribution in [0.25, 0.3) is 28.2 Å². The van der Waals surface area contributed by atoms with Crippen molar-refractivity contribution in [2.24, 2.45) is 14.1 Å². The summed E-state index contributed by atoms with van der Waals surface area (Å²) in [6, 6.07) is 8.50. The molecule has 0 bridgehead atoms. The highest BCUT2D eigenvalue weighted by Gasteiger charge is 2.20. The van der Waals surface area contributed by atoms with Crippen LogP contribution in [0.1, 0.15) is 32.3 Å². The van der Waals surface area contributed by atoms with Crippen LogP contribution in [-0.2, 0) is 27.1 Å². The Bertz CT molecular complexity index is 1290. The van der Waals surface area contributed by atoms with E-state index in [1.165, 1.54) is 17.2 Å². The molecule has 0 atom stereocenters. The highest BCUT2D eigenvalue weighted by molar-refractivity contribution is 5.78. The molecule has 0 amide bonds. The normalized spacial score (nSPS) is 11.7. The third kappa shape index (κ3) is 2.61. The van der Waals surface area contributed by atoms with E-state index >= 15 is 0 Å². The van der Waals surface area contributed by atoms with Crippen molar-refractivity contribution in [1.29, 1.82) is 0 Å². The van der Waals surface area contributed by atoms with E-state index in [-0.39, 0.29) is 11.2 Å². The van der Waals surface area contributed by atoms with Crippen molar-refractivity contribution in [3.8, 4) is 11.3 Å². The monoisotopic (exact) mass is 379 g/mol. The number of imidazole rings is 2. The average molecular weight is 379 g/mol. The van der Waals surface area contributed by atoms with Crippen LogP contribution in [0.2, 0.25) is 0 Å². The van der Waals surface area contributed by atoms with E-state index in [0.717, 1.165) is 41.6 Å². The number of fused-ring (bicyclic) bond motifs is 3. The predicted molar refractivity (Wildman–Crippen MR) is 111 cm³/mol. The van der Waals surface area contributed by atoms with Gasteiger partial charge in [0.1, 0.15) is 0 Å². The molecular formula is C21H25N5O2. The summed E-state index contributed by atoms with van der Waals surface area (Å²) < 4.78 is 6.55. The Morgan fingerprint density at radius 3 is 2.36 bits per heavy atom. The molecule has 0 aliphatic heterocycles. The molecule has 1 aromatic carbocycles. The largest absolute Gasteiger partial charge is 0.332 e. The maximum absolute atomic E-state index is 12.8. The Morgan fingerprint density at radius 1 is 1.00 bits per heavy atom. The predicted octanol–water partition coefficient (Wildman–Crippen LogP) is 2.72. The number of aromatic nitrogens is 5. The summed E-state index contributed by atoms with van der Waals surface area (Å²) in [5.74, 6) is 0.691. The average Bonchev–Trinajstić information content (AvgIpc) is 3.25. The second-order valence-electron chi connectivity index (χ2n) is 7.23. The van der Waals surface area contributed by atoms with Gasteiger partial charge >= 0.3 is 5.69 Å². The zero-order chi connectivity index (χ0) is 20.0. The Labute approximate surface area is 162 Å². The van der Waals surface area contributed by atoms with Gasteiger partial charge in [0.15, 0.2) is 11.2 Å². The Morgan fingerprint density at radius 2 is 1.71 bits per heavy atom. The van der Waals surface area contributed by atoms with E-state index in [9.17, 15) is 9.59 Å². The standard InChI is InChI=1S/C21H25N5O2/c1-5-7-12-25-16(15-10-8-14(6-2)9-11-15)13-26-17-18(22-20(25)26)23(3)21(28)24(4)19(17)27/h8-11,13H,5-7,12H2,1-4H3. The number of rotatable bonds is 5. The van der Waals surface area contributed by atoms with Gasteiger partial charge in [-0.05, 0) is 24.0 Å². The van der Waals surface area contributed by atoms with Crippen molar-refractivity contribution >= 4 is 16.9 Å². The van der Waals surface area contributed by atoms with Gasteiger partial charge in [0.05, 0.1) is 5.69 Å². The molecule has 28 heavy (non-hydrogen) atoms. The molecule has 0 radical (unpaired) electrons. The third-order valence-corrected chi connectivity index (χ3v) is 5.45. The molecule has 3 aromatic heterocycles. The first kappa shape index (κ1) is 18.3. The van der Waals surface area contributed by atoms with Crippen LogP contribution in [-0.4, -0.2) is 23.1 Å². The Hall–Kier alpha value is -3.09. The molecule has 0 N–H and O–H groups in total. The van der Waals surface area contributed by atoms with Gasteiger partial charge in [0.25, 0.3) is 5.56 Å². The van der Waals surface area contributed by atoms with Crippen LogP contribution in [0, 0.1) is 0 Å². The zero-order valence-electron chi connectivity index (χ0n) is 16.8.